The Morgan fingerprint density at radius 3 is 2.71 bits per heavy atom. The lowest BCUT2D eigenvalue weighted by atomic mass is 10.0. The largest absolute Gasteiger partial charge is 0.497 e. The molecule has 2 aromatic carbocycles. The lowest BCUT2D eigenvalue weighted by Gasteiger charge is -2.18. The first-order valence-corrected chi connectivity index (χ1v) is 12.3. The van der Waals surface area contributed by atoms with E-state index in [1.807, 2.05) is 42.5 Å². The molecule has 0 atom stereocenters. The Morgan fingerprint density at radius 2 is 2.00 bits per heavy atom. The molecule has 3 aromatic rings. The first kappa shape index (κ1) is 22.4. The van der Waals surface area contributed by atoms with Crippen LogP contribution in [0.25, 0.3) is 6.08 Å². The monoisotopic (exact) mass is 474 g/mol. The molecule has 2 heterocycles. The van der Waals surface area contributed by atoms with Crippen molar-refractivity contribution in [1.29, 1.82) is 0 Å². The summed E-state index contributed by atoms with van der Waals surface area (Å²) in [5, 5.41) is 4.66. The maximum Gasteiger partial charge on any atom is 0.283 e. The van der Waals surface area contributed by atoms with Crippen LogP contribution in [-0.2, 0) is 10.5 Å². The molecule has 2 aliphatic rings. The topological polar surface area (TPSA) is 80.8 Å². The van der Waals surface area contributed by atoms with Gasteiger partial charge >= 0.3 is 0 Å². The summed E-state index contributed by atoms with van der Waals surface area (Å²) in [4.78, 5) is 24.3. The highest BCUT2D eigenvalue weighted by Crippen LogP contribution is 2.39. The maximum atomic E-state index is 13.4. The molecular weight excluding hydrogens is 448 g/mol. The Kier molecular flexibility index (Phi) is 6.24. The van der Waals surface area contributed by atoms with Gasteiger partial charge < -0.3 is 9.26 Å². The Bertz CT molecular complexity index is 1260. The van der Waals surface area contributed by atoms with E-state index in [1.165, 1.54) is 17.3 Å². The molecule has 5 rings (SSSR count). The van der Waals surface area contributed by atoms with Crippen LogP contribution in [0.3, 0.4) is 0 Å². The highest BCUT2D eigenvalue weighted by Gasteiger charge is 2.33. The van der Waals surface area contributed by atoms with Crippen molar-refractivity contribution in [2.24, 2.45) is 4.99 Å². The smallest absolute Gasteiger partial charge is 0.283 e. The number of aromatic nitrogens is 2. The zero-order valence-corrected chi connectivity index (χ0v) is 20.2. The third-order valence-corrected chi connectivity index (χ3v) is 6.72. The molecule has 1 amide bonds. The predicted molar refractivity (Wildman–Crippen MR) is 134 cm³/mol. The minimum absolute atomic E-state index is 0.185. The minimum atomic E-state index is -0.185. The van der Waals surface area contributed by atoms with E-state index in [4.69, 9.17) is 14.3 Å². The number of aliphatic imine (C=N–C) groups is 1. The number of carbonyl (C=O) groups excluding carboxylic acids is 1. The Hall–Kier alpha value is -3.39. The molecule has 0 bridgehead atoms. The van der Waals surface area contributed by atoms with E-state index in [-0.39, 0.29) is 5.91 Å². The number of benzene rings is 2. The summed E-state index contributed by atoms with van der Waals surface area (Å²) in [6.07, 6.45) is 4.03. The second-order valence-electron chi connectivity index (χ2n) is 8.70. The molecule has 8 heteroatoms. The van der Waals surface area contributed by atoms with Gasteiger partial charge in [0.1, 0.15) is 11.4 Å². The van der Waals surface area contributed by atoms with Crippen molar-refractivity contribution in [2.45, 2.75) is 44.3 Å². The van der Waals surface area contributed by atoms with Gasteiger partial charge in [0.2, 0.25) is 5.89 Å². The molecule has 1 saturated carbocycles. The van der Waals surface area contributed by atoms with E-state index >= 15 is 0 Å². The van der Waals surface area contributed by atoms with Crippen molar-refractivity contribution in [3.8, 4) is 5.75 Å². The summed E-state index contributed by atoms with van der Waals surface area (Å²) in [6.45, 7) is 4.32. The first-order chi connectivity index (χ1) is 16.5. The van der Waals surface area contributed by atoms with Crippen LogP contribution in [0.15, 0.2) is 63.7 Å². The molecule has 0 saturated heterocycles. The molecule has 1 aliphatic carbocycles. The van der Waals surface area contributed by atoms with Crippen LogP contribution < -0.4 is 9.64 Å². The number of rotatable bonds is 7. The van der Waals surface area contributed by atoms with Crippen LogP contribution in [0.5, 0.6) is 5.75 Å². The summed E-state index contributed by atoms with van der Waals surface area (Å²) in [5.74, 6) is 3.11. The molecule has 0 radical (unpaired) electrons. The van der Waals surface area contributed by atoms with Gasteiger partial charge in [0.05, 0.1) is 18.6 Å². The number of anilines is 1. The van der Waals surface area contributed by atoms with Crippen LogP contribution in [0.2, 0.25) is 0 Å². The zero-order valence-electron chi connectivity index (χ0n) is 19.4. The number of thioether (sulfide) groups is 1. The average molecular weight is 475 g/mol. The molecule has 7 nitrogen and oxygen atoms in total. The van der Waals surface area contributed by atoms with Crippen LogP contribution in [0, 0.1) is 0 Å². The molecule has 1 fully saturated rings. The Labute approximate surface area is 202 Å². The van der Waals surface area contributed by atoms with E-state index in [0.717, 1.165) is 18.4 Å². The maximum absolute atomic E-state index is 13.4. The molecule has 0 N–H and O–H groups in total. The van der Waals surface area contributed by atoms with E-state index < -0.39 is 0 Å². The molecule has 0 spiro atoms. The van der Waals surface area contributed by atoms with Crippen molar-refractivity contribution in [3.63, 3.8) is 0 Å². The Morgan fingerprint density at radius 1 is 1.21 bits per heavy atom. The summed E-state index contributed by atoms with van der Waals surface area (Å²) >= 11 is 1.41. The van der Waals surface area contributed by atoms with Gasteiger partial charge in [0, 0.05) is 12.0 Å². The lowest BCUT2D eigenvalue weighted by molar-refractivity contribution is -0.113. The summed E-state index contributed by atoms with van der Waals surface area (Å²) < 4.78 is 10.7. The van der Waals surface area contributed by atoms with E-state index in [2.05, 4.69) is 36.1 Å². The van der Waals surface area contributed by atoms with Crippen LogP contribution >= 0.6 is 11.8 Å². The highest BCUT2D eigenvalue weighted by molar-refractivity contribution is 8.13. The van der Waals surface area contributed by atoms with E-state index in [9.17, 15) is 4.79 Å². The quantitative estimate of drug-likeness (QED) is 0.405. The number of ether oxygens (including phenoxy) is 1. The number of hydrogen-bond donors (Lipinski definition) is 0. The number of methoxy groups -OCH3 is 1. The number of amidine groups is 1. The van der Waals surface area contributed by atoms with Crippen LogP contribution in [0.4, 0.5) is 5.69 Å². The number of carbonyl (C=O) groups is 1. The fourth-order valence-electron chi connectivity index (χ4n) is 3.66. The molecule has 34 heavy (non-hydrogen) atoms. The molecule has 0 unspecified atom stereocenters. The van der Waals surface area contributed by atoms with Gasteiger partial charge in [-0.25, -0.2) is 4.99 Å². The second-order valence-corrected chi connectivity index (χ2v) is 9.64. The second kappa shape index (κ2) is 9.46. The van der Waals surface area contributed by atoms with Crippen molar-refractivity contribution in [2.75, 3.05) is 12.0 Å². The van der Waals surface area contributed by atoms with Crippen molar-refractivity contribution in [3.05, 3.63) is 77.1 Å². The van der Waals surface area contributed by atoms with Gasteiger partial charge in [-0.3, -0.25) is 9.69 Å². The van der Waals surface area contributed by atoms with Crippen molar-refractivity contribution >= 4 is 34.6 Å². The van der Waals surface area contributed by atoms with Gasteiger partial charge in [0.25, 0.3) is 5.91 Å². The highest BCUT2D eigenvalue weighted by atomic mass is 32.2. The Balaban J connectivity index is 1.43. The normalized spacial score (nSPS) is 17.1. The van der Waals surface area contributed by atoms with Gasteiger partial charge in [-0.1, -0.05) is 61.1 Å². The summed E-state index contributed by atoms with van der Waals surface area (Å²) in [6, 6.07) is 15.6. The van der Waals surface area contributed by atoms with Gasteiger partial charge in [-0.05, 0) is 48.1 Å². The zero-order chi connectivity index (χ0) is 23.7. The van der Waals surface area contributed by atoms with Crippen molar-refractivity contribution in [1.82, 2.24) is 10.1 Å². The third kappa shape index (κ3) is 4.77. The van der Waals surface area contributed by atoms with Crippen molar-refractivity contribution < 1.29 is 14.1 Å². The molecular formula is C26H26N4O3S. The van der Waals surface area contributed by atoms with Gasteiger partial charge in [-0.2, -0.15) is 4.98 Å². The molecule has 1 aromatic heterocycles. The first-order valence-electron chi connectivity index (χ1n) is 11.4. The summed E-state index contributed by atoms with van der Waals surface area (Å²) in [5.41, 5.74) is 3.26. The van der Waals surface area contributed by atoms with Crippen LogP contribution in [0.1, 0.15) is 61.4 Å². The fraction of sp³-hybridized carbons (Fsp3) is 0.308. The number of nitrogens with zero attached hydrogens (tertiary/aromatic N) is 4. The average Bonchev–Trinajstić information content (AvgIpc) is 3.51. The minimum Gasteiger partial charge on any atom is -0.497 e. The predicted octanol–water partition coefficient (Wildman–Crippen LogP) is 5.76. The SMILES string of the molecule is COc1cccc(N2C(=O)/C(=C/c3ccc(C(C)C)cc3)N=C2SCc2noc(C3CC3)n2)c1. The summed E-state index contributed by atoms with van der Waals surface area (Å²) in [7, 11) is 1.61. The molecule has 174 valence electrons. The van der Waals surface area contributed by atoms with E-state index in [0.29, 0.717) is 51.6 Å². The third-order valence-electron chi connectivity index (χ3n) is 5.79. The van der Waals surface area contributed by atoms with E-state index in [1.54, 1.807) is 12.0 Å². The van der Waals surface area contributed by atoms with Gasteiger partial charge in [-0.15, -0.1) is 0 Å². The fourth-order valence-corrected chi connectivity index (χ4v) is 4.51. The lowest BCUT2D eigenvalue weighted by Crippen LogP contribution is -2.30. The molecule has 1 aliphatic heterocycles. The number of hydrogen-bond acceptors (Lipinski definition) is 7. The standard InChI is InChI=1S/C26H26N4O3S/c1-16(2)18-9-7-17(8-10-18)13-22-25(31)30(20-5-4-6-21(14-20)32-3)26(27-22)34-15-23-28-24(33-29-23)19-11-12-19/h4-10,13-14,16,19H,11-12,15H2,1-3H3/b22-13-. The number of amides is 1. The van der Waals surface area contributed by atoms with Gasteiger partial charge in [0.15, 0.2) is 11.0 Å². The van der Waals surface area contributed by atoms with Crippen LogP contribution in [-0.4, -0.2) is 28.3 Å².